The third kappa shape index (κ3) is 1.36. The van der Waals surface area contributed by atoms with Crippen LogP contribution < -0.4 is 0 Å². The summed E-state index contributed by atoms with van der Waals surface area (Å²) in [5.41, 5.74) is 0.952. The maximum atomic E-state index is 11.8. The first-order valence-electron chi connectivity index (χ1n) is 4.76. The fourth-order valence-corrected chi connectivity index (χ4v) is 3.90. The minimum Gasteiger partial charge on any atom is -0.224 e. The fraction of sp³-hybridized carbons (Fsp3) is 0.455. The number of hydrogen-bond donors (Lipinski definition) is 0. The zero-order valence-electron chi connectivity index (χ0n) is 8.45. The second kappa shape index (κ2) is 2.83. The van der Waals surface area contributed by atoms with E-state index in [4.69, 9.17) is 0 Å². The van der Waals surface area contributed by atoms with Crippen molar-refractivity contribution < 1.29 is 8.42 Å². The van der Waals surface area contributed by atoms with E-state index < -0.39 is 9.84 Å². The van der Waals surface area contributed by atoms with Crippen LogP contribution in [0.4, 0.5) is 0 Å². The quantitative estimate of drug-likeness (QED) is 0.657. The SMILES string of the molecule is CC1(C)CCS(=O)(=O)c2ccccc21. The van der Waals surface area contributed by atoms with E-state index in [0.717, 1.165) is 5.56 Å². The lowest BCUT2D eigenvalue weighted by Crippen LogP contribution is -2.30. The van der Waals surface area contributed by atoms with Crippen LogP contribution in [-0.2, 0) is 15.3 Å². The van der Waals surface area contributed by atoms with Gasteiger partial charge in [-0.1, -0.05) is 32.0 Å². The van der Waals surface area contributed by atoms with Gasteiger partial charge in [-0.2, -0.15) is 0 Å². The Bertz CT molecular complexity index is 458. The Labute approximate surface area is 84.9 Å². The standard InChI is InChI=1S/C11H14O2S/c1-11(2)7-8-14(12,13)10-6-4-3-5-9(10)11/h3-6H,7-8H2,1-2H3. The molecule has 1 aromatic rings. The first kappa shape index (κ1) is 9.71. The molecule has 76 valence electrons. The van der Waals surface area contributed by atoms with Gasteiger partial charge in [-0.15, -0.1) is 0 Å². The minimum atomic E-state index is -3.01. The van der Waals surface area contributed by atoms with Gasteiger partial charge in [0.25, 0.3) is 0 Å². The molecule has 0 N–H and O–H groups in total. The maximum Gasteiger partial charge on any atom is 0.178 e. The van der Waals surface area contributed by atoms with E-state index in [1.165, 1.54) is 0 Å². The highest BCUT2D eigenvalue weighted by Gasteiger charge is 2.34. The van der Waals surface area contributed by atoms with E-state index >= 15 is 0 Å². The van der Waals surface area contributed by atoms with Crippen LogP contribution in [0.3, 0.4) is 0 Å². The highest BCUT2D eigenvalue weighted by Crippen LogP contribution is 2.37. The lowest BCUT2D eigenvalue weighted by Gasteiger charge is -2.31. The van der Waals surface area contributed by atoms with Gasteiger partial charge in [0, 0.05) is 0 Å². The third-order valence-electron chi connectivity index (χ3n) is 2.95. The summed E-state index contributed by atoms with van der Waals surface area (Å²) in [6.07, 6.45) is 0.715. The van der Waals surface area contributed by atoms with Gasteiger partial charge in [0.05, 0.1) is 10.6 Å². The van der Waals surface area contributed by atoms with Crippen molar-refractivity contribution in [3.63, 3.8) is 0 Å². The summed E-state index contributed by atoms with van der Waals surface area (Å²) in [6.45, 7) is 4.20. The molecule has 0 amide bonds. The van der Waals surface area contributed by atoms with Crippen LogP contribution in [-0.4, -0.2) is 14.2 Å². The molecule has 0 aliphatic carbocycles. The van der Waals surface area contributed by atoms with Crippen molar-refractivity contribution in [3.05, 3.63) is 29.8 Å². The Hall–Kier alpha value is -0.830. The summed E-state index contributed by atoms with van der Waals surface area (Å²) >= 11 is 0. The van der Waals surface area contributed by atoms with Crippen LogP contribution in [0.1, 0.15) is 25.8 Å². The second-order valence-corrected chi connectivity index (χ2v) is 6.53. The molecule has 2 rings (SSSR count). The first-order valence-corrected chi connectivity index (χ1v) is 6.41. The Morgan fingerprint density at radius 1 is 1.21 bits per heavy atom. The lowest BCUT2D eigenvalue weighted by atomic mass is 9.82. The molecule has 1 aromatic carbocycles. The van der Waals surface area contributed by atoms with Crippen LogP contribution in [0.2, 0.25) is 0 Å². The lowest BCUT2D eigenvalue weighted by molar-refractivity contribution is 0.473. The molecule has 0 aromatic heterocycles. The Balaban J connectivity index is 2.74. The second-order valence-electron chi connectivity index (χ2n) is 4.45. The summed E-state index contributed by atoms with van der Waals surface area (Å²) in [5, 5.41) is 0. The molecule has 3 heteroatoms. The summed E-state index contributed by atoms with van der Waals surface area (Å²) < 4.78 is 23.5. The van der Waals surface area contributed by atoms with E-state index in [-0.39, 0.29) is 11.2 Å². The summed E-state index contributed by atoms with van der Waals surface area (Å²) in [6, 6.07) is 7.33. The van der Waals surface area contributed by atoms with E-state index in [0.29, 0.717) is 11.3 Å². The topological polar surface area (TPSA) is 34.1 Å². The fourth-order valence-electron chi connectivity index (χ4n) is 1.93. The molecule has 0 radical (unpaired) electrons. The highest BCUT2D eigenvalue weighted by molar-refractivity contribution is 7.91. The van der Waals surface area contributed by atoms with Crippen LogP contribution in [0.5, 0.6) is 0 Å². The van der Waals surface area contributed by atoms with Gasteiger partial charge in [-0.3, -0.25) is 0 Å². The van der Waals surface area contributed by atoms with Crippen molar-refractivity contribution in [2.24, 2.45) is 0 Å². The van der Waals surface area contributed by atoms with Crippen LogP contribution in [0.15, 0.2) is 29.2 Å². The number of sulfone groups is 1. The molecule has 0 saturated heterocycles. The van der Waals surface area contributed by atoms with Gasteiger partial charge in [0.2, 0.25) is 0 Å². The zero-order valence-corrected chi connectivity index (χ0v) is 9.26. The number of fused-ring (bicyclic) bond motifs is 1. The highest BCUT2D eigenvalue weighted by atomic mass is 32.2. The molecule has 1 aliphatic heterocycles. The molecular weight excluding hydrogens is 196 g/mol. The molecule has 2 nitrogen and oxygen atoms in total. The minimum absolute atomic E-state index is 0.0120. The van der Waals surface area contributed by atoms with Gasteiger partial charge in [-0.25, -0.2) is 8.42 Å². The molecule has 0 bridgehead atoms. The molecule has 0 atom stereocenters. The smallest absolute Gasteiger partial charge is 0.178 e. The molecule has 1 heterocycles. The van der Waals surface area contributed by atoms with Gasteiger partial charge in [-0.05, 0) is 23.5 Å². The monoisotopic (exact) mass is 210 g/mol. The predicted octanol–water partition coefficient (Wildman–Crippen LogP) is 2.14. The van der Waals surface area contributed by atoms with Crippen molar-refractivity contribution in [2.45, 2.75) is 30.6 Å². The molecule has 1 aliphatic rings. The van der Waals surface area contributed by atoms with E-state index in [1.807, 2.05) is 12.1 Å². The van der Waals surface area contributed by atoms with E-state index in [2.05, 4.69) is 13.8 Å². The van der Waals surface area contributed by atoms with Crippen molar-refractivity contribution in [2.75, 3.05) is 5.75 Å². The van der Waals surface area contributed by atoms with Crippen LogP contribution >= 0.6 is 0 Å². The number of hydrogen-bond acceptors (Lipinski definition) is 2. The predicted molar refractivity (Wildman–Crippen MR) is 56.1 cm³/mol. The molecule has 0 saturated carbocycles. The van der Waals surface area contributed by atoms with Gasteiger partial charge in [0.1, 0.15) is 0 Å². The normalized spacial score (nSPS) is 22.7. The van der Waals surface area contributed by atoms with E-state index in [1.54, 1.807) is 12.1 Å². The van der Waals surface area contributed by atoms with Gasteiger partial charge >= 0.3 is 0 Å². The van der Waals surface area contributed by atoms with Gasteiger partial charge < -0.3 is 0 Å². The van der Waals surface area contributed by atoms with Crippen molar-refractivity contribution >= 4 is 9.84 Å². The zero-order chi connectivity index (χ0) is 10.4. The van der Waals surface area contributed by atoms with E-state index in [9.17, 15) is 8.42 Å². The Morgan fingerprint density at radius 3 is 2.50 bits per heavy atom. The summed E-state index contributed by atoms with van der Waals surface area (Å²) in [5.74, 6) is 0.275. The molecule has 0 unspecified atom stereocenters. The maximum absolute atomic E-state index is 11.8. The Morgan fingerprint density at radius 2 is 1.86 bits per heavy atom. The largest absolute Gasteiger partial charge is 0.224 e. The summed E-state index contributed by atoms with van der Waals surface area (Å²) in [4.78, 5) is 0.524. The van der Waals surface area contributed by atoms with Crippen molar-refractivity contribution in [3.8, 4) is 0 Å². The van der Waals surface area contributed by atoms with Crippen LogP contribution in [0, 0.1) is 0 Å². The molecule has 14 heavy (non-hydrogen) atoms. The van der Waals surface area contributed by atoms with Crippen molar-refractivity contribution in [1.29, 1.82) is 0 Å². The van der Waals surface area contributed by atoms with Crippen molar-refractivity contribution in [1.82, 2.24) is 0 Å². The third-order valence-corrected chi connectivity index (χ3v) is 4.71. The number of benzene rings is 1. The Kier molecular flexibility index (Phi) is 1.96. The molecular formula is C11H14O2S. The number of rotatable bonds is 0. The average molecular weight is 210 g/mol. The average Bonchev–Trinajstić information content (AvgIpc) is 2.14. The van der Waals surface area contributed by atoms with Gasteiger partial charge in [0.15, 0.2) is 9.84 Å². The van der Waals surface area contributed by atoms with Crippen LogP contribution in [0.25, 0.3) is 0 Å². The molecule has 0 spiro atoms. The molecule has 0 fully saturated rings. The first-order chi connectivity index (χ1) is 6.43. The summed E-state index contributed by atoms with van der Waals surface area (Å²) in [7, 11) is -3.01.